The third-order valence-electron chi connectivity index (χ3n) is 4.05. The van der Waals surface area contributed by atoms with Gasteiger partial charge in [0.1, 0.15) is 17.1 Å². The number of primary amides is 1. The van der Waals surface area contributed by atoms with Gasteiger partial charge in [-0.25, -0.2) is 0 Å². The summed E-state index contributed by atoms with van der Waals surface area (Å²) in [6.45, 7) is 9.14. The summed E-state index contributed by atoms with van der Waals surface area (Å²) >= 11 is 0. The molecule has 0 fully saturated rings. The minimum absolute atomic E-state index is 0.143. The van der Waals surface area contributed by atoms with Crippen molar-refractivity contribution in [3.63, 3.8) is 0 Å². The maximum Gasteiger partial charge on any atom is 0.255 e. The number of carbonyl (C=O) groups is 1. The van der Waals surface area contributed by atoms with E-state index in [2.05, 4.69) is 40.7 Å². The van der Waals surface area contributed by atoms with Crippen molar-refractivity contribution in [2.75, 3.05) is 13.7 Å². The number of hydrogen-bond donors (Lipinski definition) is 3. The van der Waals surface area contributed by atoms with Crippen LogP contribution in [0.25, 0.3) is 0 Å². The molecule has 0 heterocycles. The van der Waals surface area contributed by atoms with Crippen LogP contribution in [0.2, 0.25) is 0 Å². The third kappa shape index (κ3) is 8.03. The zero-order chi connectivity index (χ0) is 22.1. The highest BCUT2D eigenvalue weighted by molar-refractivity contribution is 5.79. The van der Waals surface area contributed by atoms with Crippen molar-refractivity contribution in [2.24, 2.45) is 10.7 Å². The second-order valence-electron chi connectivity index (χ2n) is 8.01. The van der Waals surface area contributed by atoms with Gasteiger partial charge in [0.05, 0.1) is 0 Å². The Morgan fingerprint density at radius 3 is 2.50 bits per heavy atom. The van der Waals surface area contributed by atoms with E-state index in [1.165, 1.54) is 0 Å². The summed E-state index contributed by atoms with van der Waals surface area (Å²) in [7, 11) is 1.73. The third-order valence-corrected chi connectivity index (χ3v) is 4.05. The molecule has 162 valence electrons. The van der Waals surface area contributed by atoms with Gasteiger partial charge in [-0.2, -0.15) is 0 Å². The molecule has 0 bridgehead atoms. The van der Waals surface area contributed by atoms with Crippen LogP contribution in [0.3, 0.4) is 0 Å². The zero-order valence-electron chi connectivity index (χ0n) is 18.4. The number of nitrogens with zero attached hydrogens (tertiary/aromatic N) is 1. The lowest BCUT2D eigenvalue weighted by molar-refractivity contribution is -0.119. The van der Waals surface area contributed by atoms with Crippen LogP contribution in [0.1, 0.15) is 37.5 Å². The normalized spacial score (nSPS) is 11.7. The maximum absolute atomic E-state index is 10.9. The second-order valence-corrected chi connectivity index (χ2v) is 8.01. The molecule has 0 radical (unpaired) electrons. The Morgan fingerprint density at radius 1 is 1.10 bits per heavy atom. The van der Waals surface area contributed by atoms with Crippen molar-refractivity contribution in [1.82, 2.24) is 10.6 Å². The summed E-state index contributed by atoms with van der Waals surface area (Å²) in [5.74, 6) is 1.62. The van der Waals surface area contributed by atoms with E-state index in [-0.39, 0.29) is 12.2 Å². The van der Waals surface area contributed by atoms with E-state index >= 15 is 0 Å². The van der Waals surface area contributed by atoms with E-state index in [9.17, 15) is 4.79 Å². The highest BCUT2D eigenvalue weighted by Gasteiger charge is 2.15. The monoisotopic (exact) mass is 412 g/mol. The summed E-state index contributed by atoms with van der Waals surface area (Å²) in [5, 5.41) is 6.60. The number of nitrogens with two attached hydrogens (primary N) is 1. The minimum atomic E-state index is -0.506. The molecule has 0 spiro atoms. The van der Waals surface area contributed by atoms with Gasteiger partial charge in [0.25, 0.3) is 5.91 Å². The molecule has 30 heavy (non-hydrogen) atoms. The van der Waals surface area contributed by atoms with E-state index < -0.39 is 5.91 Å². The van der Waals surface area contributed by atoms with Crippen molar-refractivity contribution in [2.45, 2.75) is 46.4 Å². The van der Waals surface area contributed by atoms with Crippen LogP contribution in [0.15, 0.2) is 47.5 Å². The number of aliphatic imine (C=N–C) groups is 1. The number of ether oxygens (including phenoxy) is 2. The SMILES string of the molecule is CN=C(NCc1cccc(OCC(N)=O)c1)NCc1ccc(C)cc1OC(C)(C)C. The number of carbonyl (C=O) groups excluding carboxylic acids is 1. The number of benzene rings is 2. The lowest BCUT2D eigenvalue weighted by Gasteiger charge is -2.24. The van der Waals surface area contributed by atoms with Crippen LogP contribution in [-0.2, 0) is 17.9 Å². The molecule has 0 aliphatic heterocycles. The molecule has 4 N–H and O–H groups in total. The molecule has 2 aromatic rings. The number of guanidine groups is 1. The van der Waals surface area contributed by atoms with Gasteiger partial charge in [-0.1, -0.05) is 24.3 Å². The maximum atomic E-state index is 10.9. The molecular formula is C23H32N4O3. The average Bonchev–Trinajstić information content (AvgIpc) is 2.67. The Bertz CT molecular complexity index is 888. The topological polar surface area (TPSA) is 98.0 Å². The number of amides is 1. The lowest BCUT2D eigenvalue weighted by Crippen LogP contribution is -2.36. The van der Waals surface area contributed by atoms with Gasteiger partial charge in [0.2, 0.25) is 0 Å². The van der Waals surface area contributed by atoms with Gasteiger partial charge < -0.3 is 25.8 Å². The molecule has 0 atom stereocenters. The number of rotatable bonds is 8. The molecule has 0 saturated carbocycles. The highest BCUT2D eigenvalue weighted by Crippen LogP contribution is 2.24. The molecule has 7 nitrogen and oxygen atoms in total. The second kappa shape index (κ2) is 10.5. The first-order valence-electron chi connectivity index (χ1n) is 9.89. The van der Waals surface area contributed by atoms with Gasteiger partial charge in [-0.3, -0.25) is 9.79 Å². The van der Waals surface area contributed by atoms with E-state index in [0.29, 0.717) is 24.8 Å². The fraction of sp³-hybridized carbons (Fsp3) is 0.391. The van der Waals surface area contributed by atoms with E-state index in [0.717, 1.165) is 22.4 Å². The van der Waals surface area contributed by atoms with Crippen LogP contribution in [0.4, 0.5) is 0 Å². The minimum Gasteiger partial charge on any atom is -0.488 e. The van der Waals surface area contributed by atoms with E-state index in [1.807, 2.05) is 39.0 Å². The van der Waals surface area contributed by atoms with Gasteiger partial charge in [0.15, 0.2) is 12.6 Å². The highest BCUT2D eigenvalue weighted by atomic mass is 16.5. The summed E-state index contributed by atoms with van der Waals surface area (Å²) in [5.41, 5.74) is 8.05. The first-order valence-corrected chi connectivity index (χ1v) is 9.89. The van der Waals surface area contributed by atoms with Crippen LogP contribution >= 0.6 is 0 Å². The molecule has 1 amide bonds. The molecule has 0 unspecified atom stereocenters. The molecule has 0 saturated heterocycles. The summed E-state index contributed by atoms with van der Waals surface area (Å²) in [4.78, 5) is 15.2. The predicted molar refractivity (Wildman–Crippen MR) is 120 cm³/mol. The van der Waals surface area contributed by atoms with Crippen molar-refractivity contribution in [3.8, 4) is 11.5 Å². The van der Waals surface area contributed by atoms with Gasteiger partial charge in [-0.05, 0) is 57.0 Å². The Morgan fingerprint density at radius 2 is 1.83 bits per heavy atom. The fourth-order valence-corrected chi connectivity index (χ4v) is 2.72. The smallest absolute Gasteiger partial charge is 0.255 e. The summed E-state index contributed by atoms with van der Waals surface area (Å²) in [6.07, 6.45) is 0. The van der Waals surface area contributed by atoms with Crippen molar-refractivity contribution in [3.05, 3.63) is 59.2 Å². The van der Waals surface area contributed by atoms with Crippen molar-refractivity contribution < 1.29 is 14.3 Å². The molecule has 0 aromatic heterocycles. The molecule has 7 heteroatoms. The van der Waals surface area contributed by atoms with Gasteiger partial charge >= 0.3 is 0 Å². The van der Waals surface area contributed by atoms with Crippen LogP contribution in [0.5, 0.6) is 11.5 Å². The molecule has 2 rings (SSSR count). The largest absolute Gasteiger partial charge is 0.488 e. The number of nitrogens with one attached hydrogen (secondary N) is 2. The number of aryl methyl sites for hydroxylation is 1. The lowest BCUT2D eigenvalue weighted by atomic mass is 10.1. The van der Waals surface area contributed by atoms with Crippen molar-refractivity contribution >= 4 is 11.9 Å². The molecule has 2 aromatic carbocycles. The van der Waals surface area contributed by atoms with Crippen LogP contribution in [0, 0.1) is 6.92 Å². The van der Waals surface area contributed by atoms with Gasteiger partial charge in [-0.15, -0.1) is 0 Å². The zero-order valence-corrected chi connectivity index (χ0v) is 18.4. The molecule has 0 aliphatic rings. The Labute approximate surface area is 178 Å². The standard InChI is InChI=1S/C23H32N4O3/c1-16-9-10-18(20(11-16)30-23(2,3)4)14-27-22(25-5)26-13-17-7-6-8-19(12-17)29-15-21(24)28/h6-12H,13-15H2,1-5H3,(H2,24,28)(H2,25,26,27). The Balaban J connectivity index is 1.96. The predicted octanol–water partition coefficient (Wildman–Crippen LogP) is 2.90. The fourth-order valence-electron chi connectivity index (χ4n) is 2.72. The van der Waals surface area contributed by atoms with Crippen LogP contribution < -0.4 is 25.8 Å². The van der Waals surface area contributed by atoms with Gasteiger partial charge in [0, 0.05) is 25.7 Å². The Hall–Kier alpha value is -3.22. The first-order chi connectivity index (χ1) is 14.2. The van der Waals surface area contributed by atoms with Crippen LogP contribution in [-0.4, -0.2) is 31.1 Å². The summed E-state index contributed by atoms with van der Waals surface area (Å²) < 4.78 is 11.5. The van der Waals surface area contributed by atoms with Crippen molar-refractivity contribution in [1.29, 1.82) is 0 Å². The summed E-state index contributed by atoms with van der Waals surface area (Å²) in [6, 6.07) is 13.7. The molecular weight excluding hydrogens is 380 g/mol. The van der Waals surface area contributed by atoms with E-state index in [1.54, 1.807) is 13.1 Å². The molecule has 0 aliphatic carbocycles. The Kier molecular flexibility index (Phi) is 8.09. The number of hydrogen-bond acceptors (Lipinski definition) is 4. The quantitative estimate of drug-likeness (QED) is 0.457. The first kappa shape index (κ1) is 23.1. The van der Waals surface area contributed by atoms with E-state index in [4.69, 9.17) is 15.2 Å². The average molecular weight is 413 g/mol.